The van der Waals surface area contributed by atoms with Crippen molar-refractivity contribution in [3.8, 4) is 10.6 Å². The monoisotopic (exact) mass is 308 g/mol. The summed E-state index contributed by atoms with van der Waals surface area (Å²) in [6.07, 6.45) is 1.81. The number of hydrogen-bond acceptors (Lipinski definition) is 4. The number of benzene rings is 1. The van der Waals surface area contributed by atoms with Crippen molar-refractivity contribution in [2.45, 2.75) is 0 Å². The number of imidazole rings is 1. The lowest BCUT2D eigenvalue weighted by Gasteiger charge is -1.97. The van der Waals surface area contributed by atoms with Crippen molar-refractivity contribution in [3.05, 3.63) is 28.3 Å². The van der Waals surface area contributed by atoms with Crippen LogP contribution >= 0.6 is 27.3 Å². The van der Waals surface area contributed by atoms with E-state index in [9.17, 15) is 0 Å². The molecule has 0 bridgehead atoms. The van der Waals surface area contributed by atoms with Gasteiger partial charge >= 0.3 is 0 Å². The van der Waals surface area contributed by atoms with Crippen LogP contribution in [0, 0.1) is 0 Å². The average molecular weight is 309 g/mol. The van der Waals surface area contributed by atoms with Gasteiger partial charge in [-0.3, -0.25) is 0 Å². The van der Waals surface area contributed by atoms with Crippen molar-refractivity contribution in [3.63, 3.8) is 0 Å². The Balaban J connectivity index is 2.17. The zero-order valence-electron chi connectivity index (χ0n) is 9.01. The quantitative estimate of drug-likeness (QED) is 0.751. The summed E-state index contributed by atoms with van der Waals surface area (Å²) in [6, 6.07) is 6.11. The Hall–Kier alpha value is -1.40. The maximum Gasteiger partial charge on any atom is 0.149 e. The Morgan fingerprint density at radius 3 is 2.94 bits per heavy atom. The number of thiazole rings is 1. The average Bonchev–Trinajstić information content (AvgIpc) is 2.84. The maximum absolute atomic E-state index is 5.73. The maximum atomic E-state index is 5.73. The molecule has 1 aromatic carbocycles. The van der Waals surface area contributed by atoms with Crippen molar-refractivity contribution in [1.29, 1.82) is 0 Å². The van der Waals surface area contributed by atoms with Crippen molar-refractivity contribution >= 4 is 44.1 Å². The number of rotatable bonds is 1. The summed E-state index contributed by atoms with van der Waals surface area (Å²) in [5.41, 5.74) is 8.84. The van der Waals surface area contributed by atoms with Gasteiger partial charge in [-0.15, -0.1) is 11.3 Å². The van der Waals surface area contributed by atoms with E-state index in [2.05, 4.69) is 25.9 Å². The van der Waals surface area contributed by atoms with Crippen molar-refractivity contribution in [2.24, 2.45) is 7.05 Å². The molecule has 2 aromatic heterocycles. The molecule has 0 amide bonds. The van der Waals surface area contributed by atoms with Gasteiger partial charge in [0.15, 0.2) is 0 Å². The molecule has 0 saturated heterocycles. The van der Waals surface area contributed by atoms with E-state index in [1.54, 1.807) is 6.33 Å². The van der Waals surface area contributed by atoms with Gasteiger partial charge in [0.1, 0.15) is 14.6 Å². The van der Waals surface area contributed by atoms with Crippen molar-refractivity contribution in [1.82, 2.24) is 14.5 Å². The third-order valence-electron chi connectivity index (χ3n) is 2.58. The van der Waals surface area contributed by atoms with Gasteiger partial charge in [0.05, 0.1) is 17.4 Å². The first kappa shape index (κ1) is 10.7. The highest BCUT2D eigenvalue weighted by Gasteiger charge is 2.09. The van der Waals surface area contributed by atoms with E-state index in [1.807, 2.05) is 29.8 Å². The van der Waals surface area contributed by atoms with Gasteiger partial charge in [-0.1, -0.05) is 0 Å². The fraction of sp³-hybridized carbons (Fsp3) is 0.0909. The number of halogens is 1. The molecular weight excluding hydrogens is 300 g/mol. The van der Waals surface area contributed by atoms with Gasteiger partial charge in [0.25, 0.3) is 0 Å². The lowest BCUT2D eigenvalue weighted by molar-refractivity contribution is 0.948. The molecule has 2 N–H and O–H groups in total. The minimum absolute atomic E-state index is 0.533. The second-order valence-corrected chi connectivity index (χ2v) is 6.05. The third-order valence-corrected chi connectivity index (χ3v) is 4.38. The number of fused-ring (bicyclic) bond motifs is 1. The van der Waals surface area contributed by atoms with Crippen LogP contribution in [0.4, 0.5) is 5.82 Å². The normalized spacial score (nSPS) is 11.2. The van der Waals surface area contributed by atoms with E-state index >= 15 is 0 Å². The minimum atomic E-state index is 0.533. The van der Waals surface area contributed by atoms with Gasteiger partial charge in [-0.05, 0) is 34.1 Å². The smallest absolute Gasteiger partial charge is 0.149 e. The van der Waals surface area contributed by atoms with Gasteiger partial charge in [0.2, 0.25) is 0 Å². The molecule has 86 valence electrons. The molecule has 0 aliphatic carbocycles. The van der Waals surface area contributed by atoms with Gasteiger partial charge in [0, 0.05) is 12.6 Å². The van der Waals surface area contributed by atoms with Crippen LogP contribution in [-0.4, -0.2) is 14.5 Å². The van der Waals surface area contributed by atoms with Gasteiger partial charge in [-0.2, -0.15) is 0 Å². The second kappa shape index (κ2) is 3.82. The third kappa shape index (κ3) is 1.73. The Bertz CT molecular complexity index is 681. The van der Waals surface area contributed by atoms with E-state index in [1.165, 1.54) is 11.3 Å². The molecule has 17 heavy (non-hydrogen) atoms. The topological polar surface area (TPSA) is 56.7 Å². The number of aromatic nitrogens is 3. The molecule has 2 heterocycles. The molecule has 0 aliphatic rings. The van der Waals surface area contributed by atoms with Gasteiger partial charge in [-0.25, -0.2) is 9.97 Å². The van der Waals surface area contributed by atoms with Crippen LogP contribution < -0.4 is 5.73 Å². The molecule has 3 rings (SSSR count). The van der Waals surface area contributed by atoms with Crippen LogP contribution in [0.1, 0.15) is 0 Å². The van der Waals surface area contributed by atoms with Gasteiger partial charge < -0.3 is 10.3 Å². The van der Waals surface area contributed by atoms with Crippen molar-refractivity contribution in [2.75, 3.05) is 5.73 Å². The predicted octanol–water partition coefficient (Wildman–Crippen LogP) is 3.04. The number of nitrogen functional groups attached to an aromatic ring is 1. The van der Waals surface area contributed by atoms with Crippen LogP contribution in [-0.2, 0) is 7.05 Å². The summed E-state index contributed by atoms with van der Waals surface area (Å²) in [4.78, 5) is 8.64. The molecule has 6 heteroatoms. The summed E-state index contributed by atoms with van der Waals surface area (Å²) in [5.74, 6) is 0.533. The van der Waals surface area contributed by atoms with Crippen LogP contribution in [0.25, 0.3) is 21.6 Å². The fourth-order valence-electron chi connectivity index (χ4n) is 1.71. The Labute approximate surface area is 110 Å². The molecule has 0 aliphatic heterocycles. The fourth-order valence-corrected chi connectivity index (χ4v) is 2.96. The summed E-state index contributed by atoms with van der Waals surface area (Å²) in [6.45, 7) is 0. The zero-order valence-corrected chi connectivity index (χ0v) is 11.4. The Kier molecular flexibility index (Phi) is 2.41. The standard InChI is InChI=1S/C11H9BrN4S/c1-16-5-14-7-4-6(2-3-8(7)16)11-15-10(13)9(12)17-11/h2-5H,13H2,1H3. The van der Waals surface area contributed by atoms with E-state index < -0.39 is 0 Å². The molecule has 0 saturated carbocycles. The second-order valence-electron chi connectivity index (χ2n) is 3.74. The Morgan fingerprint density at radius 1 is 1.41 bits per heavy atom. The molecule has 0 fully saturated rings. The molecule has 0 unspecified atom stereocenters. The minimum Gasteiger partial charge on any atom is -0.382 e. The number of nitrogens with two attached hydrogens (primary N) is 1. The predicted molar refractivity (Wildman–Crippen MR) is 73.9 cm³/mol. The molecule has 3 aromatic rings. The summed E-state index contributed by atoms with van der Waals surface area (Å²) < 4.78 is 2.86. The highest BCUT2D eigenvalue weighted by atomic mass is 79.9. The highest BCUT2D eigenvalue weighted by Crippen LogP contribution is 2.34. The molecular formula is C11H9BrN4S. The highest BCUT2D eigenvalue weighted by molar-refractivity contribution is 9.11. The lowest BCUT2D eigenvalue weighted by Crippen LogP contribution is -1.85. The largest absolute Gasteiger partial charge is 0.382 e. The summed E-state index contributed by atoms with van der Waals surface area (Å²) in [7, 11) is 1.98. The van der Waals surface area contributed by atoms with E-state index in [0.29, 0.717) is 5.82 Å². The molecule has 0 radical (unpaired) electrons. The lowest BCUT2D eigenvalue weighted by atomic mass is 10.2. The SMILES string of the molecule is Cn1cnc2cc(-c3nc(N)c(Br)s3)ccc21. The number of nitrogens with zero attached hydrogens (tertiary/aromatic N) is 3. The summed E-state index contributed by atoms with van der Waals surface area (Å²) >= 11 is 4.91. The molecule has 0 spiro atoms. The van der Waals surface area contributed by atoms with E-state index in [-0.39, 0.29) is 0 Å². The number of hydrogen-bond donors (Lipinski definition) is 1. The first-order chi connectivity index (χ1) is 8.15. The number of anilines is 1. The summed E-state index contributed by atoms with van der Waals surface area (Å²) in [5, 5.41) is 0.905. The van der Waals surface area contributed by atoms with Crippen LogP contribution in [0.3, 0.4) is 0 Å². The van der Waals surface area contributed by atoms with E-state index in [0.717, 1.165) is 25.4 Å². The van der Waals surface area contributed by atoms with Crippen LogP contribution in [0.5, 0.6) is 0 Å². The zero-order chi connectivity index (χ0) is 12.0. The van der Waals surface area contributed by atoms with Crippen LogP contribution in [0.15, 0.2) is 28.3 Å². The van der Waals surface area contributed by atoms with E-state index in [4.69, 9.17) is 5.73 Å². The molecule has 4 nitrogen and oxygen atoms in total. The van der Waals surface area contributed by atoms with Crippen molar-refractivity contribution < 1.29 is 0 Å². The first-order valence-corrected chi connectivity index (χ1v) is 6.59. The van der Waals surface area contributed by atoms with Crippen LogP contribution in [0.2, 0.25) is 0 Å². The molecule has 0 atom stereocenters. The Morgan fingerprint density at radius 2 is 2.24 bits per heavy atom. The first-order valence-electron chi connectivity index (χ1n) is 4.98. The number of aryl methyl sites for hydroxylation is 1.